The Kier molecular flexibility index (Phi) is 6.94. The number of rotatable bonds is 8. The summed E-state index contributed by atoms with van der Waals surface area (Å²) in [4.78, 5) is 0. The zero-order chi connectivity index (χ0) is 15.1. The fraction of sp³-hybridized carbons (Fsp3) is 0.647. The van der Waals surface area contributed by atoms with Gasteiger partial charge in [0.05, 0.1) is 11.6 Å². The van der Waals surface area contributed by atoms with Gasteiger partial charge in [-0.25, -0.2) is 4.39 Å². The second-order valence-electron chi connectivity index (χ2n) is 5.95. The molecule has 0 aliphatic heterocycles. The molecule has 1 N–H and O–H groups in total. The first-order valence-corrected chi connectivity index (χ1v) is 8.22. The van der Waals surface area contributed by atoms with Crippen LogP contribution in [0.4, 0.5) is 4.39 Å². The normalized spacial score (nSPS) is 17.3. The lowest BCUT2D eigenvalue weighted by molar-refractivity contribution is 0.195. The molecule has 2 rings (SSSR count). The molecule has 0 radical (unpaired) electrons. The molecule has 1 aromatic carbocycles. The van der Waals surface area contributed by atoms with Crippen LogP contribution in [0.5, 0.6) is 0 Å². The molecule has 21 heavy (non-hydrogen) atoms. The van der Waals surface area contributed by atoms with Crippen LogP contribution in [0.2, 0.25) is 5.02 Å². The van der Waals surface area contributed by atoms with Gasteiger partial charge < -0.3 is 10.1 Å². The fourth-order valence-electron chi connectivity index (χ4n) is 3.27. The van der Waals surface area contributed by atoms with Gasteiger partial charge in [0.1, 0.15) is 5.82 Å². The van der Waals surface area contributed by atoms with Crippen molar-refractivity contribution in [3.05, 3.63) is 34.6 Å². The third kappa shape index (κ3) is 5.24. The van der Waals surface area contributed by atoms with E-state index < -0.39 is 0 Å². The lowest BCUT2D eigenvalue weighted by Crippen LogP contribution is -2.31. The van der Waals surface area contributed by atoms with Crippen LogP contribution in [0.3, 0.4) is 0 Å². The highest BCUT2D eigenvalue weighted by molar-refractivity contribution is 6.30. The highest BCUT2D eigenvalue weighted by atomic mass is 35.5. The summed E-state index contributed by atoms with van der Waals surface area (Å²) in [6.07, 6.45) is 6.26. The SMILES string of the molecule is COCCNCC(Cc1ccc(F)c(Cl)c1)C1CCCC1. The van der Waals surface area contributed by atoms with Crippen LogP contribution in [-0.4, -0.2) is 26.8 Å². The largest absolute Gasteiger partial charge is 0.383 e. The molecule has 1 unspecified atom stereocenters. The topological polar surface area (TPSA) is 21.3 Å². The van der Waals surface area contributed by atoms with Crippen molar-refractivity contribution >= 4 is 11.6 Å². The molecule has 1 saturated carbocycles. The van der Waals surface area contributed by atoms with E-state index in [2.05, 4.69) is 5.32 Å². The van der Waals surface area contributed by atoms with E-state index in [0.29, 0.717) is 5.92 Å². The van der Waals surface area contributed by atoms with Gasteiger partial charge in [-0.1, -0.05) is 43.4 Å². The Morgan fingerprint density at radius 2 is 2.14 bits per heavy atom. The van der Waals surface area contributed by atoms with Gasteiger partial charge in [0.2, 0.25) is 0 Å². The monoisotopic (exact) mass is 313 g/mol. The third-order valence-electron chi connectivity index (χ3n) is 4.44. The van der Waals surface area contributed by atoms with Crippen LogP contribution in [0.1, 0.15) is 31.2 Å². The van der Waals surface area contributed by atoms with Gasteiger partial charge in [-0.15, -0.1) is 0 Å². The van der Waals surface area contributed by atoms with Crippen LogP contribution < -0.4 is 5.32 Å². The molecule has 0 aromatic heterocycles. The maximum atomic E-state index is 13.3. The highest BCUT2D eigenvalue weighted by Gasteiger charge is 2.25. The van der Waals surface area contributed by atoms with Crippen LogP contribution in [0.15, 0.2) is 18.2 Å². The summed E-state index contributed by atoms with van der Waals surface area (Å²) in [6.45, 7) is 2.60. The maximum Gasteiger partial charge on any atom is 0.141 e. The average molecular weight is 314 g/mol. The predicted molar refractivity (Wildman–Crippen MR) is 85.3 cm³/mol. The van der Waals surface area contributed by atoms with Gasteiger partial charge in [0.25, 0.3) is 0 Å². The summed E-state index contributed by atoms with van der Waals surface area (Å²) in [7, 11) is 1.72. The van der Waals surface area contributed by atoms with E-state index in [9.17, 15) is 4.39 Å². The maximum absolute atomic E-state index is 13.3. The number of nitrogens with one attached hydrogen (secondary N) is 1. The van der Waals surface area contributed by atoms with Gasteiger partial charge in [-0.05, 0) is 42.5 Å². The van der Waals surface area contributed by atoms with Crippen molar-refractivity contribution in [2.75, 3.05) is 26.8 Å². The molecular formula is C17H25ClFNO. The van der Waals surface area contributed by atoms with Crippen molar-refractivity contribution in [1.29, 1.82) is 0 Å². The van der Waals surface area contributed by atoms with E-state index in [-0.39, 0.29) is 10.8 Å². The third-order valence-corrected chi connectivity index (χ3v) is 4.73. The number of ether oxygens (including phenoxy) is 1. The van der Waals surface area contributed by atoms with Crippen molar-refractivity contribution in [3.63, 3.8) is 0 Å². The fourth-order valence-corrected chi connectivity index (χ4v) is 3.47. The molecule has 0 amide bonds. The highest BCUT2D eigenvalue weighted by Crippen LogP contribution is 2.33. The van der Waals surface area contributed by atoms with E-state index in [1.54, 1.807) is 13.2 Å². The van der Waals surface area contributed by atoms with E-state index >= 15 is 0 Å². The van der Waals surface area contributed by atoms with Crippen molar-refractivity contribution in [1.82, 2.24) is 5.32 Å². The van der Waals surface area contributed by atoms with Gasteiger partial charge in [0, 0.05) is 13.7 Å². The van der Waals surface area contributed by atoms with Crippen LogP contribution in [-0.2, 0) is 11.2 Å². The summed E-state index contributed by atoms with van der Waals surface area (Å²) < 4.78 is 18.3. The molecular weight excluding hydrogens is 289 g/mol. The number of methoxy groups -OCH3 is 1. The Morgan fingerprint density at radius 3 is 2.81 bits per heavy atom. The second kappa shape index (κ2) is 8.72. The van der Waals surface area contributed by atoms with E-state index in [4.69, 9.17) is 16.3 Å². The summed E-state index contributed by atoms with van der Waals surface area (Å²) in [6, 6.07) is 5.11. The molecule has 1 atom stereocenters. The zero-order valence-electron chi connectivity index (χ0n) is 12.7. The van der Waals surface area contributed by atoms with E-state index in [1.807, 2.05) is 6.07 Å². The van der Waals surface area contributed by atoms with E-state index in [1.165, 1.54) is 31.7 Å². The Hall–Kier alpha value is -0.640. The van der Waals surface area contributed by atoms with Gasteiger partial charge in [0.15, 0.2) is 0 Å². The molecule has 1 aromatic rings. The summed E-state index contributed by atoms with van der Waals surface area (Å²) in [5.41, 5.74) is 1.13. The quantitative estimate of drug-likeness (QED) is 0.731. The Labute approximate surface area is 132 Å². The smallest absolute Gasteiger partial charge is 0.141 e. The molecule has 1 aliphatic rings. The van der Waals surface area contributed by atoms with E-state index in [0.717, 1.165) is 37.6 Å². The van der Waals surface area contributed by atoms with Crippen LogP contribution >= 0.6 is 11.6 Å². The zero-order valence-corrected chi connectivity index (χ0v) is 13.5. The molecule has 0 spiro atoms. The first-order chi connectivity index (χ1) is 10.2. The molecule has 1 aliphatic carbocycles. The number of hydrogen-bond donors (Lipinski definition) is 1. The predicted octanol–water partition coefficient (Wildman–Crippen LogP) is 4.06. The minimum atomic E-state index is -0.337. The van der Waals surface area contributed by atoms with Crippen molar-refractivity contribution < 1.29 is 9.13 Å². The lowest BCUT2D eigenvalue weighted by Gasteiger charge is -2.24. The summed E-state index contributed by atoms with van der Waals surface area (Å²) >= 11 is 5.90. The summed E-state index contributed by atoms with van der Waals surface area (Å²) in [5, 5.41) is 3.70. The first kappa shape index (κ1) is 16.7. The number of halogens is 2. The molecule has 0 saturated heterocycles. The number of benzene rings is 1. The summed E-state index contributed by atoms with van der Waals surface area (Å²) in [5.74, 6) is 1.02. The van der Waals surface area contributed by atoms with Crippen molar-refractivity contribution in [2.24, 2.45) is 11.8 Å². The molecule has 0 heterocycles. The first-order valence-electron chi connectivity index (χ1n) is 7.84. The molecule has 2 nitrogen and oxygen atoms in total. The standard InChI is InChI=1S/C17H25ClFNO/c1-21-9-8-20-12-15(14-4-2-3-5-14)10-13-6-7-17(19)16(18)11-13/h6-7,11,14-15,20H,2-5,8-10,12H2,1H3. The molecule has 0 bridgehead atoms. The van der Waals surface area contributed by atoms with Crippen LogP contribution in [0, 0.1) is 17.7 Å². The van der Waals surface area contributed by atoms with Gasteiger partial charge in [-0.2, -0.15) is 0 Å². The lowest BCUT2D eigenvalue weighted by atomic mass is 9.85. The Bertz CT molecular complexity index is 435. The Balaban J connectivity index is 1.95. The van der Waals surface area contributed by atoms with Gasteiger partial charge >= 0.3 is 0 Å². The Morgan fingerprint density at radius 1 is 1.38 bits per heavy atom. The second-order valence-corrected chi connectivity index (χ2v) is 6.36. The average Bonchev–Trinajstić information content (AvgIpc) is 3.00. The van der Waals surface area contributed by atoms with Crippen molar-refractivity contribution in [2.45, 2.75) is 32.1 Å². The minimum Gasteiger partial charge on any atom is -0.383 e. The van der Waals surface area contributed by atoms with Crippen molar-refractivity contribution in [3.8, 4) is 0 Å². The molecule has 118 valence electrons. The molecule has 4 heteroatoms. The van der Waals surface area contributed by atoms with Gasteiger partial charge in [-0.3, -0.25) is 0 Å². The minimum absolute atomic E-state index is 0.227. The number of hydrogen-bond acceptors (Lipinski definition) is 2. The molecule has 1 fully saturated rings. The van der Waals surface area contributed by atoms with Crippen LogP contribution in [0.25, 0.3) is 0 Å².